The number of aromatic amines is 1. The second-order valence-electron chi connectivity index (χ2n) is 7.12. The third kappa shape index (κ3) is 2.94. The van der Waals surface area contributed by atoms with Crippen LogP contribution in [0, 0.1) is 11.3 Å². The first kappa shape index (κ1) is 16.7. The Morgan fingerprint density at radius 1 is 1.07 bits per heavy atom. The first-order valence-electron chi connectivity index (χ1n) is 9.43. The molecule has 1 aliphatic heterocycles. The SMILES string of the molecule is N#Cc1ccc([C@H]2c3nc[nH]c3CCN2Cc2ccc3ccccc3n2)cc1. The summed E-state index contributed by atoms with van der Waals surface area (Å²) >= 11 is 0. The van der Waals surface area contributed by atoms with Crippen molar-refractivity contribution in [2.24, 2.45) is 0 Å². The van der Waals surface area contributed by atoms with Crippen molar-refractivity contribution < 1.29 is 0 Å². The monoisotopic (exact) mass is 365 g/mol. The van der Waals surface area contributed by atoms with E-state index < -0.39 is 0 Å². The summed E-state index contributed by atoms with van der Waals surface area (Å²) in [6.07, 6.45) is 2.72. The van der Waals surface area contributed by atoms with E-state index in [-0.39, 0.29) is 6.04 Å². The number of nitrogens with zero attached hydrogens (tertiary/aromatic N) is 4. The fourth-order valence-electron chi connectivity index (χ4n) is 4.01. The molecule has 5 heteroatoms. The summed E-state index contributed by atoms with van der Waals surface area (Å²) < 4.78 is 0. The molecule has 0 saturated heterocycles. The normalized spacial score (nSPS) is 16.6. The Balaban J connectivity index is 1.51. The van der Waals surface area contributed by atoms with Gasteiger partial charge in [0.25, 0.3) is 0 Å². The highest BCUT2D eigenvalue weighted by atomic mass is 15.2. The fourth-order valence-corrected chi connectivity index (χ4v) is 4.01. The number of aromatic nitrogens is 3. The summed E-state index contributed by atoms with van der Waals surface area (Å²) in [5, 5.41) is 10.3. The minimum absolute atomic E-state index is 0.0519. The number of nitrogens with one attached hydrogen (secondary N) is 1. The van der Waals surface area contributed by atoms with Crippen LogP contribution in [0.25, 0.3) is 10.9 Å². The molecule has 3 heterocycles. The molecule has 0 aliphatic carbocycles. The van der Waals surface area contributed by atoms with Gasteiger partial charge in [-0.25, -0.2) is 4.98 Å². The molecule has 5 nitrogen and oxygen atoms in total. The molecule has 0 bridgehead atoms. The van der Waals surface area contributed by atoms with Gasteiger partial charge in [0, 0.05) is 30.6 Å². The Morgan fingerprint density at radius 3 is 2.79 bits per heavy atom. The highest BCUT2D eigenvalue weighted by Gasteiger charge is 2.31. The highest BCUT2D eigenvalue weighted by Crippen LogP contribution is 2.34. The van der Waals surface area contributed by atoms with Crippen molar-refractivity contribution in [3.05, 3.63) is 95.2 Å². The number of nitriles is 1. The van der Waals surface area contributed by atoms with Crippen molar-refractivity contribution in [3.63, 3.8) is 0 Å². The smallest absolute Gasteiger partial charge is 0.0991 e. The molecule has 2 aromatic heterocycles. The lowest BCUT2D eigenvalue weighted by Crippen LogP contribution is -2.36. The van der Waals surface area contributed by atoms with Crippen LogP contribution in [0.3, 0.4) is 0 Å². The van der Waals surface area contributed by atoms with Crippen LogP contribution in [0.2, 0.25) is 0 Å². The molecule has 2 aromatic carbocycles. The minimum atomic E-state index is 0.0519. The van der Waals surface area contributed by atoms with Crippen molar-refractivity contribution in [2.45, 2.75) is 19.0 Å². The molecule has 1 atom stereocenters. The molecule has 5 rings (SSSR count). The maximum absolute atomic E-state index is 9.11. The minimum Gasteiger partial charge on any atom is -0.348 e. The average molecular weight is 365 g/mol. The van der Waals surface area contributed by atoms with Crippen molar-refractivity contribution >= 4 is 10.9 Å². The number of imidazole rings is 1. The van der Waals surface area contributed by atoms with Crippen molar-refractivity contribution in [3.8, 4) is 6.07 Å². The zero-order chi connectivity index (χ0) is 18.9. The summed E-state index contributed by atoms with van der Waals surface area (Å²) in [6.45, 7) is 1.68. The lowest BCUT2D eigenvalue weighted by molar-refractivity contribution is 0.198. The molecule has 0 fully saturated rings. The second-order valence-corrected chi connectivity index (χ2v) is 7.12. The summed E-state index contributed by atoms with van der Waals surface area (Å²) in [6, 6.07) is 22.5. The van der Waals surface area contributed by atoms with Crippen LogP contribution in [0.1, 0.15) is 34.3 Å². The van der Waals surface area contributed by atoms with Crippen LogP contribution in [-0.4, -0.2) is 26.4 Å². The zero-order valence-corrected chi connectivity index (χ0v) is 15.3. The lowest BCUT2D eigenvalue weighted by Gasteiger charge is -2.35. The standard InChI is InChI=1S/C23H19N5/c24-13-16-5-7-18(8-6-16)23-22-21(25-15-26-22)11-12-28(23)14-19-10-9-17-3-1-2-4-20(17)27-19/h1-10,15,23H,11-12,14H2,(H,25,26)/t23-/m0/s1. The number of para-hydroxylation sites is 1. The summed E-state index contributed by atoms with van der Waals surface area (Å²) in [5.74, 6) is 0. The Kier molecular flexibility index (Phi) is 4.12. The zero-order valence-electron chi connectivity index (χ0n) is 15.3. The molecule has 0 radical (unpaired) electrons. The molecule has 0 unspecified atom stereocenters. The van der Waals surface area contributed by atoms with Gasteiger partial charge in [-0.05, 0) is 29.8 Å². The Morgan fingerprint density at radius 2 is 1.93 bits per heavy atom. The Hall–Kier alpha value is -3.49. The van der Waals surface area contributed by atoms with Crippen LogP contribution in [0.5, 0.6) is 0 Å². The number of hydrogen-bond donors (Lipinski definition) is 1. The lowest BCUT2D eigenvalue weighted by atomic mass is 9.94. The molecular weight excluding hydrogens is 346 g/mol. The molecule has 0 amide bonds. The maximum Gasteiger partial charge on any atom is 0.0991 e. The van der Waals surface area contributed by atoms with Crippen LogP contribution in [0.15, 0.2) is 67.0 Å². The van der Waals surface area contributed by atoms with E-state index in [1.165, 1.54) is 5.69 Å². The van der Waals surface area contributed by atoms with Gasteiger partial charge in [-0.15, -0.1) is 0 Å². The van der Waals surface area contributed by atoms with Crippen molar-refractivity contribution in [1.29, 1.82) is 5.26 Å². The van der Waals surface area contributed by atoms with Gasteiger partial charge in [-0.3, -0.25) is 9.88 Å². The third-order valence-electron chi connectivity index (χ3n) is 5.40. The molecule has 136 valence electrons. The first-order chi connectivity index (χ1) is 13.8. The van der Waals surface area contributed by atoms with Gasteiger partial charge in [-0.2, -0.15) is 5.26 Å². The van der Waals surface area contributed by atoms with E-state index in [0.29, 0.717) is 5.56 Å². The Bertz CT molecular complexity index is 1170. The van der Waals surface area contributed by atoms with E-state index >= 15 is 0 Å². The number of rotatable bonds is 3. The van der Waals surface area contributed by atoms with E-state index in [4.69, 9.17) is 10.2 Å². The van der Waals surface area contributed by atoms with Gasteiger partial charge >= 0.3 is 0 Å². The average Bonchev–Trinajstić information content (AvgIpc) is 3.22. The number of benzene rings is 2. The van der Waals surface area contributed by atoms with Crippen molar-refractivity contribution in [2.75, 3.05) is 6.54 Å². The van der Waals surface area contributed by atoms with Crippen LogP contribution in [0.4, 0.5) is 0 Å². The van der Waals surface area contributed by atoms with Gasteiger partial charge < -0.3 is 4.98 Å². The first-order valence-corrected chi connectivity index (χ1v) is 9.43. The number of pyridine rings is 1. The van der Waals surface area contributed by atoms with Gasteiger partial charge in [-0.1, -0.05) is 36.4 Å². The molecule has 0 spiro atoms. The topological polar surface area (TPSA) is 68.6 Å². The Labute approximate surface area is 163 Å². The van der Waals surface area contributed by atoms with Crippen LogP contribution >= 0.6 is 0 Å². The second kappa shape index (κ2) is 6.91. The van der Waals surface area contributed by atoms with Crippen LogP contribution in [-0.2, 0) is 13.0 Å². The fraction of sp³-hybridized carbons (Fsp3) is 0.174. The quantitative estimate of drug-likeness (QED) is 0.596. The van der Waals surface area contributed by atoms with E-state index in [9.17, 15) is 0 Å². The number of H-pyrrole nitrogens is 1. The van der Waals surface area contributed by atoms with Gasteiger partial charge in [0.2, 0.25) is 0 Å². The number of fused-ring (bicyclic) bond motifs is 2. The maximum atomic E-state index is 9.11. The molecule has 4 aromatic rings. The summed E-state index contributed by atoms with van der Waals surface area (Å²) in [7, 11) is 0. The van der Waals surface area contributed by atoms with E-state index in [2.05, 4.69) is 45.2 Å². The van der Waals surface area contributed by atoms with Crippen molar-refractivity contribution in [1.82, 2.24) is 19.9 Å². The highest BCUT2D eigenvalue weighted by molar-refractivity contribution is 5.78. The summed E-state index contributed by atoms with van der Waals surface area (Å²) in [4.78, 5) is 15.2. The molecule has 28 heavy (non-hydrogen) atoms. The van der Waals surface area contributed by atoms with Gasteiger partial charge in [0.1, 0.15) is 0 Å². The largest absolute Gasteiger partial charge is 0.348 e. The van der Waals surface area contributed by atoms with Gasteiger partial charge in [0.05, 0.1) is 40.9 Å². The summed E-state index contributed by atoms with van der Waals surface area (Å²) in [5.41, 5.74) is 6.15. The predicted octanol–water partition coefficient (Wildman–Crippen LogP) is 3.98. The third-order valence-corrected chi connectivity index (χ3v) is 5.40. The molecular formula is C23H19N5. The molecule has 1 N–H and O–H groups in total. The van der Waals surface area contributed by atoms with Gasteiger partial charge in [0.15, 0.2) is 0 Å². The van der Waals surface area contributed by atoms with E-state index in [0.717, 1.165) is 47.4 Å². The van der Waals surface area contributed by atoms with E-state index in [1.54, 1.807) is 6.33 Å². The van der Waals surface area contributed by atoms with Crippen LogP contribution < -0.4 is 0 Å². The molecule has 1 aliphatic rings. The predicted molar refractivity (Wildman–Crippen MR) is 107 cm³/mol. The number of hydrogen-bond acceptors (Lipinski definition) is 4. The molecule has 0 saturated carbocycles. The van der Waals surface area contributed by atoms with E-state index in [1.807, 2.05) is 36.4 Å².